The third-order valence-electron chi connectivity index (χ3n) is 2.81. The second-order valence-electron chi connectivity index (χ2n) is 4.03. The Balaban J connectivity index is 1.99. The number of thioether (sulfide) groups is 1. The molecule has 0 spiro atoms. The highest BCUT2D eigenvalue weighted by molar-refractivity contribution is 7.99. The van der Waals surface area contributed by atoms with Crippen LogP contribution in [0.2, 0.25) is 0 Å². The van der Waals surface area contributed by atoms with Gasteiger partial charge in [-0.3, -0.25) is 4.90 Å². The van der Waals surface area contributed by atoms with Crippen molar-refractivity contribution in [3.05, 3.63) is 16.1 Å². The van der Waals surface area contributed by atoms with Crippen LogP contribution >= 0.6 is 23.1 Å². The third kappa shape index (κ3) is 2.97. The van der Waals surface area contributed by atoms with E-state index in [9.17, 15) is 0 Å². The Kier molecular flexibility index (Phi) is 4.64. The van der Waals surface area contributed by atoms with E-state index in [0.717, 1.165) is 13.1 Å². The van der Waals surface area contributed by atoms with Crippen LogP contribution in [0.1, 0.15) is 23.7 Å². The zero-order valence-electron chi connectivity index (χ0n) is 9.90. The predicted molar refractivity (Wildman–Crippen MR) is 72.2 cm³/mol. The van der Waals surface area contributed by atoms with Crippen molar-refractivity contribution in [2.24, 2.45) is 0 Å². The summed E-state index contributed by atoms with van der Waals surface area (Å²) in [5.41, 5.74) is 1.19. The average molecular weight is 257 g/mol. The zero-order valence-corrected chi connectivity index (χ0v) is 11.5. The van der Waals surface area contributed by atoms with Gasteiger partial charge in [0, 0.05) is 30.0 Å². The number of hydrogen-bond acceptors (Lipinski definition) is 5. The first-order valence-corrected chi connectivity index (χ1v) is 7.77. The van der Waals surface area contributed by atoms with Gasteiger partial charge >= 0.3 is 0 Å². The second kappa shape index (κ2) is 6.00. The van der Waals surface area contributed by atoms with Gasteiger partial charge in [0.25, 0.3) is 0 Å². The minimum atomic E-state index is 0.527. The Morgan fingerprint density at radius 1 is 1.62 bits per heavy atom. The molecule has 1 aliphatic heterocycles. The van der Waals surface area contributed by atoms with Crippen molar-refractivity contribution >= 4 is 23.1 Å². The summed E-state index contributed by atoms with van der Waals surface area (Å²) >= 11 is 3.84. The molecule has 5 heteroatoms. The number of thiazole rings is 1. The summed E-state index contributed by atoms with van der Waals surface area (Å²) in [6.07, 6.45) is 0. The van der Waals surface area contributed by atoms with E-state index < -0.39 is 0 Å². The molecule has 1 atom stereocenters. The molecule has 0 aromatic carbocycles. The molecule has 90 valence electrons. The van der Waals surface area contributed by atoms with Gasteiger partial charge in [-0.2, -0.15) is 11.8 Å². The molecule has 2 rings (SSSR count). The quantitative estimate of drug-likeness (QED) is 0.893. The summed E-state index contributed by atoms with van der Waals surface area (Å²) in [5, 5.41) is 6.78. The van der Waals surface area contributed by atoms with E-state index in [4.69, 9.17) is 4.98 Å². The van der Waals surface area contributed by atoms with Crippen LogP contribution in [-0.4, -0.2) is 41.5 Å². The van der Waals surface area contributed by atoms with Gasteiger partial charge in [-0.25, -0.2) is 4.98 Å². The fourth-order valence-corrected chi connectivity index (χ4v) is 4.06. The molecule has 0 amide bonds. The van der Waals surface area contributed by atoms with Gasteiger partial charge in [0.1, 0.15) is 5.01 Å². The van der Waals surface area contributed by atoms with Crippen LogP contribution in [0.3, 0.4) is 0 Å². The van der Waals surface area contributed by atoms with Gasteiger partial charge in [0.15, 0.2) is 0 Å². The van der Waals surface area contributed by atoms with Crippen molar-refractivity contribution in [2.45, 2.75) is 19.5 Å². The SMILES string of the molecule is CCNCc1csc(C2CSCCN2C)n1. The number of nitrogens with zero attached hydrogens (tertiary/aromatic N) is 2. The minimum absolute atomic E-state index is 0.527. The molecule has 1 N–H and O–H groups in total. The fourth-order valence-electron chi connectivity index (χ4n) is 1.76. The Hall–Kier alpha value is -0.100. The highest BCUT2D eigenvalue weighted by atomic mass is 32.2. The molecule has 1 saturated heterocycles. The lowest BCUT2D eigenvalue weighted by Gasteiger charge is -2.30. The molecule has 16 heavy (non-hydrogen) atoms. The standard InChI is InChI=1S/C11H19N3S2/c1-3-12-6-9-7-16-11(13-9)10-8-15-5-4-14(10)2/h7,10,12H,3-6,8H2,1-2H3. The van der Waals surface area contributed by atoms with Crippen LogP contribution < -0.4 is 5.32 Å². The lowest BCUT2D eigenvalue weighted by molar-refractivity contribution is 0.274. The maximum atomic E-state index is 4.72. The first-order chi connectivity index (χ1) is 7.81. The van der Waals surface area contributed by atoms with Gasteiger partial charge in [-0.05, 0) is 13.6 Å². The van der Waals surface area contributed by atoms with Gasteiger partial charge in [-0.15, -0.1) is 11.3 Å². The third-order valence-corrected chi connectivity index (χ3v) is 4.82. The van der Waals surface area contributed by atoms with E-state index in [0.29, 0.717) is 6.04 Å². The molecule has 1 fully saturated rings. The molecule has 2 heterocycles. The molecule has 1 aliphatic rings. The molecular weight excluding hydrogens is 238 g/mol. The second-order valence-corrected chi connectivity index (χ2v) is 6.07. The maximum absolute atomic E-state index is 4.72. The van der Waals surface area contributed by atoms with E-state index in [-0.39, 0.29) is 0 Å². The fraction of sp³-hybridized carbons (Fsp3) is 0.727. The van der Waals surface area contributed by atoms with Crippen molar-refractivity contribution < 1.29 is 0 Å². The lowest BCUT2D eigenvalue weighted by Crippen LogP contribution is -2.32. The van der Waals surface area contributed by atoms with E-state index in [1.165, 1.54) is 28.8 Å². The molecule has 3 nitrogen and oxygen atoms in total. The normalized spacial score (nSPS) is 22.5. The molecule has 0 bridgehead atoms. The Morgan fingerprint density at radius 2 is 2.50 bits per heavy atom. The first-order valence-electron chi connectivity index (χ1n) is 5.74. The van der Waals surface area contributed by atoms with E-state index in [1.807, 2.05) is 11.8 Å². The molecule has 0 saturated carbocycles. The van der Waals surface area contributed by atoms with Gasteiger partial charge in [0.2, 0.25) is 0 Å². The zero-order chi connectivity index (χ0) is 11.4. The summed E-state index contributed by atoms with van der Waals surface area (Å²) in [7, 11) is 2.20. The van der Waals surface area contributed by atoms with Crippen LogP contribution in [0.15, 0.2) is 5.38 Å². The topological polar surface area (TPSA) is 28.2 Å². The molecule has 0 radical (unpaired) electrons. The summed E-state index contributed by atoms with van der Waals surface area (Å²) in [5.74, 6) is 2.44. The Labute approximate surface area is 106 Å². The van der Waals surface area contributed by atoms with E-state index >= 15 is 0 Å². The predicted octanol–water partition coefficient (Wildman–Crippen LogP) is 1.97. The van der Waals surface area contributed by atoms with Crippen molar-refractivity contribution in [2.75, 3.05) is 31.6 Å². The Bertz CT molecular complexity index is 327. The number of aromatic nitrogens is 1. The van der Waals surface area contributed by atoms with Crippen LogP contribution in [0.4, 0.5) is 0 Å². The molecule has 1 unspecified atom stereocenters. The highest BCUT2D eigenvalue weighted by Gasteiger charge is 2.23. The van der Waals surface area contributed by atoms with E-state index in [2.05, 4.69) is 29.6 Å². The number of nitrogens with one attached hydrogen (secondary N) is 1. The molecule has 1 aromatic rings. The number of rotatable bonds is 4. The van der Waals surface area contributed by atoms with Crippen LogP contribution in [0, 0.1) is 0 Å². The van der Waals surface area contributed by atoms with Crippen molar-refractivity contribution in [1.29, 1.82) is 0 Å². The van der Waals surface area contributed by atoms with Crippen LogP contribution in [0.25, 0.3) is 0 Å². The van der Waals surface area contributed by atoms with Crippen LogP contribution in [0.5, 0.6) is 0 Å². The minimum Gasteiger partial charge on any atom is -0.311 e. The number of hydrogen-bond donors (Lipinski definition) is 1. The average Bonchev–Trinajstić information content (AvgIpc) is 2.75. The Morgan fingerprint density at radius 3 is 3.25 bits per heavy atom. The van der Waals surface area contributed by atoms with Crippen molar-refractivity contribution in [3.63, 3.8) is 0 Å². The van der Waals surface area contributed by atoms with Gasteiger partial charge in [0.05, 0.1) is 11.7 Å². The van der Waals surface area contributed by atoms with Gasteiger partial charge in [-0.1, -0.05) is 6.92 Å². The lowest BCUT2D eigenvalue weighted by atomic mass is 10.3. The molecular formula is C11H19N3S2. The van der Waals surface area contributed by atoms with Crippen molar-refractivity contribution in [3.8, 4) is 0 Å². The van der Waals surface area contributed by atoms with E-state index in [1.54, 1.807) is 11.3 Å². The van der Waals surface area contributed by atoms with Crippen LogP contribution in [-0.2, 0) is 6.54 Å². The molecule has 1 aromatic heterocycles. The van der Waals surface area contributed by atoms with Gasteiger partial charge < -0.3 is 5.32 Å². The summed E-state index contributed by atoms with van der Waals surface area (Å²) < 4.78 is 0. The molecule has 0 aliphatic carbocycles. The largest absolute Gasteiger partial charge is 0.311 e. The summed E-state index contributed by atoms with van der Waals surface area (Å²) in [4.78, 5) is 7.15. The monoisotopic (exact) mass is 257 g/mol. The maximum Gasteiger partial charge on any atom is 0.111 e. The first kappa shape index (κ1) is 12.4. The smallest absolute Gasteiger partial charge is 0.111 e. The highest BCUT2D eigenvalue weighted by Crippen LogP contribution is 2.30. The summed E-state index contributed by atoms with van der Waals surface area (Å²) in [6.45, 7) is 5.21. The summed E-state index contributed by atoms with van der Waals surface area (Å²) in [6, 6.07) is 0.527. The van der Waals surface area contributed by atoms with Crippen molar-refractivity contribution in [1.82, 2.24) is 15.2 Å².